The molecule has 2 rings (SSSR count). The number of likely N-dealkylation sites (N-methyl/N-ethyl adjacent to an activating group) is 1. The summed E-state index contributed by atoms with van der Waals surface area (Å²) >= 11 is 0. The summed E-state index contributed by atoms with van der Waals surface area (Å²) in [5.74, 6) is 1.64. The summed E-state index contributed by atoms with van der Waals surface area (Å²) in [4.78, 5) is 4.93. The molecule has 120 valence electrons. The smallest absolute Gasteiger partial charge is 0.168 e. The maximum Gasteiger partial charge on any atom is 0.168 e. The number of aromatic nitrogens is 4. The topological polar surface area (TPSA) is 50.1 Å². The fourth-order valence-corrected chi connectivity index (χ4v) is 2.88. The first-order valence-electron chi connectivity index (χ1n) is 8.00. The van der Waals surface area contributed by atoms with Crippen molar-refractivity contribution in [1.29, 1.82) is 0 Å². The van der Waals surface area contributed by atoms with E-state index in [1.165, 1.54) is 0 Å². The predicted octanol–water partition coefficient (Wildman–Crippen LogP) is 1.76. The average molecular weight is 294 g/mol. The molecule has 0 saturated carbocycles. The van der Waals surface area contributed by atoms with Gasteiger partial charge in [-0.3, -0.25) is 4.90 Å². The lowest BCUT2D eigenvalue weighted by Crippen LogP contribution is -2.47. The molecule has 0 bridgehead atoms. The van der Waals surface area contributed by atoms with Crippen LogP contribution in [-0.2, 0) is 5.54 Å². The Balaban J connectivity index is 2.26. The van der Waals surface area contributed by atoms with E-state index in [2.05, 4.69) is 67.0 Å². The fraction of sp³-hybridized carbons (Fsp3) is 0.933. The number of hydrogen-bond acceptors (Lipinski definition) is 5. The number of tetrazole rings is 1. The zero-order chi connectivity index (χ0) is 15.6. The molecular formula is C15H30N6. The first-order valence-corrected chi connectivity index (χ1v) is 8.00. The molecule has 6 heteroatoms. The molecule has 1 fully saturated rings. The van der Waals surface area contributed by atoms with Gasteiger partial charge < -0.3 is 4.90 Å². The van der Waals surface area contributed by atoms with Crippen molar-refractivity contribution in [1.82, 2.24) is 30.0 Å². The van der Waals surface area contributed by atoms with Crippen LogP contribution in [0, 0.1) is 5.92 Å². The van der Waals surface area contributed by atoms with Gasteiger partial charge in [-0.25, -0.2) is 4.68 Å². The molecule has 0 unspecified atom stereocenters. The van der Waals surface area contributed by atoms with Crippen molar-refractivity contribution < 1.29 is 0 Å². The number of rotatable bonds is 4. The van der Waals surface area contributed by atoms with E-state index >= 15 is 0 Å². The highest BCUT2D eigenvalue weighted by Crippen LogP contribution is 2.29. The average Bonchev–Trinajstić information content (AvgIpc) is 2.85. The zero-order valence-corrected chi connectivity index (χ0v) is 14.4. The molecule has 21 heavy (non-hydrogen) atoms. The normalized spacial score (nSPS) is 20.1. The van der Waals surface area contributed by atoms with Gasteiger partial charge in [0.15, 0.2) is 5.82 Å². The lowest BCUT2D eigenvalue weighted by Gasteiger charge is -2.38. The predicted molar refractivity (Wildman–Crippen MR) is 84.1 cm³/mol. The van der Waals surface area contributed by atoms with E-state index in [1.807, 2.05) is 4.68 Å². The first kappa shape index (κ1) is 16.4. The zero-order valence-electron chi connectivity index (χ0n) is 14.4. The van der Waals surface area contributed by atoms with Crippen LogP contribution in [-0.4, -0.2) is 63.2 Å². The van der Waals surface area contributed by atoms with E-state index in [0.717, 1.165) is 38.4 Å². The van der Waals surface area contributed by atoms with Crippen LogP contribution in [0.2, 0.25) is 0 Å². The maximum absolute atomic E-state index is 4.38. The summed E-state index contributed by atoms with van der Waals surface area (Å²) in [7, 11) is 2.19. The summed E-state index contributed by atoms with van der Waals surface area (Å²) in [6.45, 7) is 15.4. The quantitative estimate of drug-likeness (QED) is 0.847. The monoisotopic (exact) mass is 294 g/mol. The molecule has 0 amide bonds. The number of hydrogen-bond donors (Lipinski definition) is 0. The van der Waals surface area contributed by atoms with Gasteiger partial charge in [0.25, 0.3) is 0 Å². The Morgan fingerprint density at radius 3 is 2.24 bits per heavy atom. The van der Waals surface area contributed by atoms with Crippen molar-refractivity contribution in [3.05, 3.63) is 5.82 Å². The molecular weight excluding hydrogens is 264 g/mol. The van der Waals surface area contributed by atoms with Gasteiger partial charge in [-0.2, -0.15) is 0 Å². The molecule has 0 aromatic carbocycles. The molecule has 1 aliphatic heterocycles. The summed E-state index contributed by atoms with van der Waals surface area (Å²) in [6.07, 6.45) is 1.10. The van der Waals surface area contributed by atoms with Gasteiger partial charge in [-0.1, -0.05) is 13.8 Å². The van der Waals surface area contributed by atoms with Crippen LogP contribution in [0.25, 0.3) is 0 Å². The third-order valence-corrected chi connectivity index (χ3v) is 4.10. The molecule has 0 N–H and O–H groups in total. The highest BCUT2D eigenvalue weighted by molar-refractivity contribution is 4.98. The second-order valence-electron chi connectivity index (χ2n) is 7.60. The van der Waals surface area contributed by atoms with E-state index in [9.17, 15) is 0 Å². The molecule has 1 aromatic heterocycles. The lowest BCUT2D eigenvalue weighted by molar-refractivity contribution is 0.0902. The van der Waals surface area contributed by atoms with E-state index in [0.29, 0.717) is 12.0 Å². The minimum Gasteiger partial charge on any atom is -0.304 e. The second-order valence-corrected chi connectivity index (χ2v) is 7.60. The van der Waals surface area contributed by atoms with E-state index in [1.54, 1.807) is 0 Å². The summed E-state index contributed by atoms with van der Waals surface area (Å²) in [5.41, 5.74) is -0.0827. The molecule has 6 nitrogen and oxygen atoms in total. The highest BCUT2D eigenvalue weighted by atomic mass is 15.6. The molecule has 0 aliphatic carbocycles. The molecule has 0 spiro atoms. The molecule has 1 aromatic rings. The van der Waals surface area contributed by atoms with Gasteiger partial charge in [-0.15, -0.1) is 5.10 Å². The third kappa shape index (κ3) is 4.01. The van der Waals surface area contributed by atoms with Crippen molar-refractivity contribution in [2.24, 2.45) is 5.92 Å². The van der Waals surface area contributed by atoms with Crippen molar-refractivity contribution in [3.8, 4) is 0 Å². The number of nitrogens with zero attached hydrogens (tertiary/aromatic N) is 6. The maximum atomic E-state index is 4.38. The van der Waals surface area contributed by atoms with Crippen LogP contribution < -0.4 is 0 Å². The highest BCUT2D eigenvalue weighted by Gasteiger charge is 2.31. The molecule has 0 radical (unpaired) electrons. The molecule has 2 heterocycles. The van der Waals surface area contributed by atoms with Crippen molar-refractivity contribution in [3.63, 3.8) is 0 Å². The van der Waals surface area contributed by atoms with Crippen LogP contribution in [0.15, 0.2) is 0 Å². The summed E-state index contributed by atoms with van der Waals surface area (Å²) in [5, 5.41) is 12.6. The van der Waals surface area contributed by atoms with Crippen molar-refractivity contribution in [2.45, 2.75) is 52.6 Å². The summed E-state index contributed by atoms with van der Waals surface area (Å²) in [6, 6.07) is 0.313. The number of piperazine rings is 1. The third-order valence-electron chi connectivity index (χ3n) is 4.10. The fourth-order valence-electron chi connectivity index (χ4n) is 2.88. The van der Waals surface area contributed by atoms with Gasteiger partial charge in [0.2, 0.25) is 0 Å². The van der Waals surface area contributed by atoms with Gasteiger partial charge in [0, 0.05) is 26.2 Å². The van der Waals surface area contributed by atoms with Crippen LogP contribution in [0.4, 0.5) is 0 Å². The van der Waals surface area contributed by atoms with Crippen LogP contribution in [0.3, 0.4) is 0 Å². The Kier molecular flexibility index (Phi) is 4.99. The van der Waals surface area contributed by atoms with Gasteiger partial charge in [0.05, 0.1) is 11.6 Å². The Morgan fingerprint density at radius 1 is 1.10 bits per heavy atom. The molecule has 1 atom stereocenters. The van der Waals surface area contributed by atoms with Crippen LogP contribution in [0.5, 0.6) is 0 Å². The van der Waals surface area contributed by atoms with E-state index in [4.69, 9.17) is 0 Å². The van der Waals surface area contributed by atoms with Gasteiger partial charge >= 0.3 is 0 Å². The Hall–Kier alpha value is -1.01. The first-order chi connectivity index (χ1) is 9.79. The lowest BCUT2D eigenvalue weighted by atomic mass is 9.99. The SMILES string of the molecule is CC(C)C[C@@H](c1nnnn1C(C)(C)C)N1CCN(C)CC1. The second kappa shape index (κ2) is 6.40. The molecule has 1 saturated heterocycles. The standard InChI is InChI=1S/C15H30N6/c1-12(2)11-13(20-9-7-19(6)8-10-20)14-16-17-18-21(14)15(3,4)5/h12-13H,7-11H2,1-6H3/t13-/m0/s1. The minimum atomic E-state index is -0.0827. The minimum absolute atomic E-state index is 0.0827. The van der Waals surface area contributed by atoms with Crippen LogP contribution in [0.1, 0.15) is 52.9 Å². The van der Waals surface area contributed by atoms with E-state index in [-0.39, 0.29) is 5.54 Å². The van der Waals surface area contributed by atoms with E-state index < -0.39 is 0 Å². The molecule has 1 aliphatic rings. The Labute approximate surface area is 128 Å². The largest absolute Gasteiger partial charge is 0.304 e. The van der Waals surface area contributed by atoms with Crippen molar-refractivity contribution in [2.75, 3.05) is 33.2 Å². The van der Waals surface area contributed by atoms with Gasteiger partial charge in [-0.05, 0) is 50.6 Å². The Morgan fingerprint density at radius 2 is 1.71 bits per heavy atom. The van der Waals surface area contributed by atoms with Crippen LogP contribution >= 0.6 is 0 Å². The van der Waals surface area contributed by atoms with Crippen molar-refractivity contribution >= 4 is 0 Å². The Bertz CT molecular complexity index is 439. The van der Waals surface area contributed by atoms with Gasteiger partial charge in [0.1, 0.15) is 0 Å². The summed E-state index contributed by atoms with van der Waals surface area (Å²) < 4.78 is 2.00.